The fourth-order valence-electron chi connectivity index (χ4n) is 6.05. The summed E-state index contributed by atoms with van der Waals surface area (Å²) in [5.74, 6) is -0.450. The lowest BCUT2D eigenvalue weighted by Gasteiger charge is -2.60. The Morgan fingerprint density at radius 2 is 1.96 bits per heavy atom. The highest BCUT2D eigenvalue weighted by Crippen LogP contribution is 2.64. The zero-order valence-electron chi connectivity index (χ0n) is 14.3. The maximum atomic E-state index is 14.0. The molecular weight excluding hydrogens is 338 g/mol. The Morgan fingerprint density at radius 3 is 2.65 bits per heavy atom. The van der Waals surface area contributed by atoms with Crippen LogP contribution in [0.2, 0.25) is 0 Å². The molecule has 0 radical (unpaired) electrons. The minimum atomic E-state index is -0.615. The van der Waals surface area contributed by atoms with Crippen LogP contribution in [0, 0.1) is 28.9 Å². The van der Waals surface area contributed by atoms with Crippen LogP contribution in [0.5, 0.6) is 0 Å². The molecule has 2 aromatic rings. The molecule has 0 saturated heterocycles. The number of hydrogen-bond donors (Lipinski definition) is 1. The molecule has 7 heteroatoms. The Labute approximate surface area is 149 Å². The standard InChI is InChI=1S/C19H20F2N4O/c20-14-1-2-15(21)16(4-14)24-17(26)18-5-12-3-13(6-18)8-19(7-12,9-18)25-11-22-10-23-25/h1-2,4,10-13H,3,5-9H2,(H,24,26)/t12-,13-,18?,19?/m0/s1. The van der Waals surface area contributed by atoms with Gasteiger partial charge in [-0.05, 0) is 62.5 Å². The molecule has 4 aliphatic rings. The molecule has 4 aliphatic carbocycles. The Morgan fingerprint density at radius 1 is 1.19 bits per heavy atom. The number of aromatic nitrogens is 3. The lowest BCUT2D eigenvalue weighted by atomic mass is 9.46. The second kappa shape index (κ2) is 5.34. The van der Waals surface area contributed by atoms with Crippen molar-refractivity contribution in [3.8, 4) is 0 Å². The van der Waals surface area contributed by atoms with Crippen molar-refractivity contribution in [1.82, 2.24) is 14.8 Å². The number of nitrogens with zero attached hydrogens (tertiary/aromatic N) is 3. The summed E-state index contributed by atoms with van der Waals surface area (Å²) in [6, 6.07) is 3.14. The summed E-state index contributed by atoms with van der Waals surface area (Å²) in [5, 5.41) is 7.04. The summed E-state index contributed by atoms with van der Waals surface area (Å²) in [6.45, 7) is 0. The average Bonchev–Trinajstić information content (AvgIpc) is 3.12. The number of hydrogen-bond acceptors (Lipinski definition) is 3. The summed E-state index contributed by atoms with van der Waals surface area (Å²) < 4.78 is 29.4. The lowest BCUT2D eigenvalue weighted by molar-refractivity contribution is -0.150. The minimum Gasteiger partial charge on any atom is -0.323 e. The maximum absolute atomic E-state index is 14.0. The summed E-state index contributed by atoms with van der Waals surface area (Å²) in [4.78, 5) is 17.3. The molecule has 5 nitrogen and oxygen atoms in total. The van der Waals surface area contributed by atoms with Gasteiger partial charge in [0.15, 0.2) is 0 Å². The summed E-state index contributed by atoms with van der Waals surface area (Å²) >= 11 is 0. The monoisotopic (exact) mass is 358 g/mol. The molecule has 0 spiro atoms. The molecule has 0 aliphatic heterocycles. The van der Waals surface area contributed by atoms with Crippen LogP contribution in [0.3, 0.4) is 0 Å². The number of benzene rings is 1. The smallest absolute Gasteiger partial charge is 0.230 e. The van der Waals surface area contributed by atoms with E-state index in [1.807, 2.05) is 4.68 Å². The van der Waals surface area contributed by atoms with Crippen LogP contribution in [0.15, 0.2) is 30.9 Å². The fourth-order valence-corrected chi connectivity index (χ4v) is 6.05. The van der Waals surface area contributed by atoms with Gasteiger partial charge in [0.2, 0.25) is 5.91 Å². The minimum absolute atomic E-state index is 0.0828. The molecule has 1 aromatic heterocycles. The predicted molar refractivity (Wildman–Crippen MR) is 90.1 cm³/mol. The predicted octanol–water partition coefficient (Wildman–Crippen LogP) is 3.49. The summed E-state index contributed by atoms with van der Waals surface area (Å²) in [6.07, 6.45) is 8.73. The third-order valence-electron chi connectivity index (χ3n) is 6.59. The van der Waals surface area contributed by atoms with Crippen LogP contribution in [-0.2, 0) is 10.3 Å². The first-order valence-electron chi connectivity index (χ1n) is 9.10. The Balaban J connectivity index is 1.48. The number of halogens is 2. The molecule has 136 valence electrons. The van der Waals surface area contributed by atoms with Gasteiger partial charge in [-0.1, -0.05) is 0 Å². The van der Waals surface area contributed by atoms with Crippen molar-refractivity contribution in [2.75, 3.05) is 5.32 Å². The molecule has 1 N–H and O–H groups in total. The second-order valence-electron chi connectivity index (χ2n) is 8.38. The van der Waals surface area contributed by atoms with E-state index in [2.05, 4.69) is 15.4 Å². The van der Waals surface area contributed by atoms with Gasteiger partial charge < -0.3 is 5.32 Å². The van der Waals surface area contributed by atoms with E-state index in [0.717, 1.165) is 50.3 Å². The highest BCUT2D eigenvalue weighted by molar-refractivity contribution is 5.95. The number of anilines is 1. The van der Waals surface area contributed by atoms with Gasteiger partial charge in [-0.15, -0.1) is 0 Å². The normalized spacial score (nSPS) is 34.8. The molecule has 26 heavy (non-hydrogen) atoms. The zero-order valence-corrected chi connectivity index (χ0v) is 14.3. The van der Waals surface area contributed by atoms with Gasteiger partial charge in [-0.3, -0.25) is 4.79 Å². The first-order chi connectivity index (χ1) is 12.5. The van der Waals surface area contributed by atoms with Crippen molar-refractivity contribution in [2.24, 2.45) is 17.3 Å². The number of carbonyl (C=O) groups is 1. The van der Waals surface area contributed by atoms with E-state index >= 15 is 0 Å². The zero-order chi connectivity index (χ0) is 17.9. The molecule has 4 bridgehead atoms. The van der Waals surface area contributed by atoms with Crippen molar-refractivity contribution in [2.45, 2.75) is 44.1 Å². The van der Waals surface area contributed by atoms with Gasteiger partial charge in [-0.25, -0.2) is 18.4 Å². The van der Waals surface area contributed by atoms with E-state index in [9.17, 15) is 13.6 Å². The highest BCUT2D eigenvalue weighted by Gasteiger charge is 2.61. The van der Waals surface area contributed by atoms with Crippen LogP contribution in [0.4, 0.5) is 14.5 Å². The van der Waals surface area contributed by atoms with Crippen molar-refractivity contribution >= 4 is 11.6 Å². The fraction of sp³-hybridized carbons (Fsp3) is 0.526. The number of rotatable bonds is 3. The van der Waals surface area contributed by atoms with Gasteiger partial charge >= 0.3 is 0 Å². The third kappa shape index (κ3) is 2.29. The van der Waals surface area contributed by atoms with Gasteiger partial charge in [0.25, 0.3) is 0 Å². The first kappa shape index (κ1) is 15.9. The Kier molecular flexibility index (Phi) is 3.27. The van der Waals surface area contributed by atoms with Crippen LogP contribution >= 0.6 is 0 Å². The van der Waals surface area contributed by atoms with Crippen molar-refractivity contribution in [3.05, 3.63) is 42.5 Å². The number of amides is 1. The SMILES string of the molecule is O=C(Nc1cc(F)ccc1F)C12C[C@@H]3C[C@@H](C1)CC(n1cncn1)(C3)C2. The maximum Gasteiger partial charge on any atom is 0.230 e. The van der Waals surface area contributed by atoms with Crippen molar-refractivity contribution in [3.63, 3.8) is 0 Å². The topological polar surface area (TPSA) is 59.8 Å². The van der Waals surface area contributed by atoms with Gasteiger partial charge in [-0.2, -0.15) is 5.10 Å². The largest absolute Gasteiger partial charge is 0.323 e. The van der Waals surface area contributed by atoms with E-state index < -0.39 is 17.0 Å². The van der Waals surface area contributed by atoms with Crippen molar-refractivity contribution < 1.29 is 13.6 Å². The molecule has 6 rings (SSSR count). The molecule has 0 unspecified atom stereocenters. The molecular formula is C19H20F2N4O. The third-order valence-corrected chi connectivity index (χ3v) is 6.59. The van der Waals surface area contributed by atoms with Gasteiger partial charge in [0.1, 0.15) is 24.3 Å². The first-order valence-corrected chi connectivity index (χ1v) is 9.10. The van der Waals surface area contributed by atoms with E-state index in [1.165, 1.54) is 6.33 Å². The van der Waals surface area contributed by atoms with E-state index in [-0.39, 0.29) is 17.1 Å². The number of nitrogens with one attached hydrogen (secondary N) is 1. The van der Waals surface area contributed by atoms with Crippen LogP contribution < -0.4 is 5.32 Å². The van der Waals surface area contributed by atoms with E-state index in [4.69, 9.17) is 0 Å². The Hall–Kier alpha value is -2.31. The summed E-state index contributed by atoms with van der Waals surface area (Å²) in [5.41, 5.74) is -0.812. The number of carbonyl (C=O) groups excluding carboxylic acids is 1. The molecule has 2 atom stereocenters. The van der Waals surface area contributed by atoms with Crippen LogP contribution in [0.25, 0.3) is 0 Å². The molecule has 1 aromatic carbocycles. The molecule has 4 saturated carbocycles. The van der Waals surface area contributed by atoms with E-state index in [0.29, 0.717) is 18.3 Å². The Bertz CT molecular complexity index is 852. The van der Waals surface area contributed by atoms with Gasteiger partial charge in [0, 0.05) is 6.07 Å². The van der Waals surface area contributed by atoms with Crippen LogP contribution in [-0.4, -0.2) is 20.7 Å². The quantitative estimate of drug-likeness (QED) is 0.914. The molecule has 1 heterocycles. The molecule has 1 amide bonds. The molecule has 4 fully saturated rings. The lowest BCUT2D eigenvalue weighted by Crippen LogP contribution is -2.60. The average molecular weight is 358 g/mol. The van der Waals surface area contributed by atoms with Crippen LogP contribution in [0.1, 0.15) is 38.5 Å². The van der Waals surface area contributed by atoms with E-state index in [1.54, 1.807) is 6.33 Å². The summed E-state index contributed by atoms with van der Waals surface area (Å²) in [7, 11) is 0. The van der Waals surface area contributed by atoms with Crippen molar-refractivity contribution in [1.29, 1.82) is 0 Å². The highest BCUT2D eigenvalue weighted by atomic mass is 19.1. The second-order valence-corrected chi connectivity index (χ2v) is 8.38. The van der Waals surface area contributed by atoms with Gasteiger partial charge in [0.05, 0.1) is 16.6 Å².